The molecule has 0 N–H and O–H groups in total. The van der Waals surface area contributed by atoms with Crippen LogP contribution in [0.5, 0.6) is 0 Å². The summed E-state index contributed by atoms with van der Waals surface area (Å²) in [5.74, 6) is 1.03. The van der Waals surface area contributed by atoms with Gasteiger partial charge in [-0.1, -0.05) is 13.8 Å². The molecule has 0 unspecified atom stereocenters. The van der Waals surface area contributed by atoms with Gasteiger partial charge < -0.3 is 4.42 Å². The molecule has 0 aliphatic rings. The van der Waals surface area contributed by atoms with E-state index in [1.165, 1.54) is 6.39 Å². The summed E-state index contributed by atoms with van der Waals surface area (Å²) in [7, 11) is 0. The summed E-state index contributed by atoms with van der Waals surface area (Å²) in [4.78, 5) is 4.04. The van der Waals surface area contributed by atoms with Crippen LogP contribution < -0.4 is 0 Å². The number of aromatic nitrogens is 1. The monoisotopic (exact) mass is 125 g/mol. The molecule has 0 aliphatic heterocycles. The average Bonchev–Trinajstić information content (AvgIpc) is 2.33. The molecule has 2 nitrogen and oxygen atoms in total. The minimum absolute atomic E-state index is 0.948. The number of oxazole rings is 1. The van der Waals surface area contributed by atoms with Crippen LogP contribution in [0.2, 0.25) is 0 Å². The van der Waals surface area contributed by atoms with Crippen molar-refractivity contribution in [2.45, 2.75) is 26.7 Å². The Morgan fingerprint density at radius 1 is 1.44 bits per heavy atom. The van der Waals surface area contributed by atoms with Gasteiger partial charge in [0.2, 0.25) is 0 Å². The van der Waals surface area contributed by atoms with Crippen molar-refractivity contribution in [1.82, 2.24) is 4.98 Å². The van der Waals surface area contributed by atoms with Crippen molar-refractivity contribution >= 4 is 0 Å². The lowest BCUT2D eigenvalue weighted by Gasteiger charge is -1.89. The van der Waals surface area contributed by atoms with Crippen LogP contribution in [0.25, 0.3) is 0 Å². The summed E-state index contributed by atoms with van der Waals surface area (Å²) in [5.41, 5.74) is 1.09. The molecule has 2 heteroatoms. The fourth-order valence-corrected chi connectivity index (χ4v) is 0.869. The van der Waals surface area contributed by atoms with Crippen molar-refractivity contribution in [1.29, 1.82) is 0 Å². The molecule has 0 saturated heterocycles. The third-order valence-corrected chi connectivity index (χ3v) is 1.38. The van der Waals surface area contributed by atoms with Gasteiger partial charge in [0.25, 0.3) is 0 Å². The van der Waals surface area contributed by atoms with Gasteiger partial charge in [0.1, 0.15) is 5.76 Å². The summed E-state index contributed by atoms with van der Waals surface area (Å²) >= 11 is 0. The summed E-state index contributed by atoms with van der Waals surface area (Å²) in [6.07, 6.45) is 3.43. The quantitative estimate of drug-likeness (QED) is 0.602. The fraction of sp³-hybridized carbons (Fsp3) is 0.571. The van der Waals surface area contributed by atoms with Gasteiger partial charge in [0, 0.05) is 6.42 Å². The van der Waals surface area contributed by atoms with Crippen molar-refractivity contribution in [2.75, 3.05) is 0 Å². The molecule has 0 aliphatic carbocycles. The number of hydrogen-bond acceptors (Lipinski definition) is 2. The van der Waals surface area contributed by atoms with Crippen LogP contribution in [0.4, 0.5) is 0 Å². The predicted molar refractivity (Wildman–Crippen MR) is 35.3 cm³/mol. The van der Waals surface area contributed by atoms with Crippen LogP contribution in [0, 0.1) is 0 Å². The maximum atomic E-state index is 5.09. The van der Waals surface area contributed by atoms with Gasteiger partial charge in [-0.3, -0.25) is 0 Å². The Morgan fingerprint density at radius 3 is 2.67 bits per heavy atom. The molecule has 0 bridgehead atoms. The van der Waals surface area contributed by atoms with Crippen LogP contribution in [-0.4, -0.2) is 4.98 Å². The normalized spacial score (nSPS) is 10.0. The molecule has 50 valence electrons. The van der Waals surface area contributed by atoms with Gasteiger partial charge in [-0.25, -0.2) is 4.98 Å². The zero-order chi connectivity index (χ0) is 6.69. The first kappa shape index (κ1) is 6.33. The van der Waals surface area contributed by atoms with Crippen molar-refractivity contribution in [2.24, 2.45) is 0 Å². The Morgan fingerprint density at radius 2 is 2.22 bits per heavy atom. The molecule has 9 heavy (non-hydrogen) atoms. The van der Waals surface area contributed by atoms with Crippen LogP contribution in [-0.2, 0) is 12.8 Å². The van der Waals surface area contributed by atoms with Gasteiger partial charge in [0.15, 0.2) is 6.39 Å². The minimum atomic E-state index is 0.948. The van der Waals surface area contributed by atoms with Crippen LogP contribution >= 0.6 is 0 Å². The van der Waals surface area contributed by atoms with Gasteiger partial charge in [-0.15, -0.1) is 0 Å². The van der Waals surface area contributed by atoms with Gasteiger partial charge in [-0.05, 0) is 6.42 Å². The zero-order valence-corrected chi connectivity index (χ0v) is 5.85. The highest BCUT2D eigenvalue weighted by Gasteiger charge is 2.00. The molecule has 0 amide bonds. The Kier molecular flexibility index (Phi) is 1.88. The van der Waals surface area contributed by atoms with E-state index >= 15 is 0 Å². The highest BCUT2D eigenvalue weighted by molar-refractivity contribution is 5.05. The Hall–Kier alpha value is -0.790. The summed E-state index contributed by atoms with van der Waals surface area (Å²) in [6, 6.07) is 0. The van der Waals surface area contributed by atoms with Gasteiger partial charge in [-0.2, -0.15) is 0 Å². The first-order valence-corrected chi connectivity index (χ1v) is 3.29. The standard InChI is InChI=1S/C7H11NO/c1-3-6-7(4-2)9-5-8-6/h5H,3-4H2,1-2H3. The van der Waals surface area contributed by atoms with Crippen molar-refractivity contribution in [3.63, 3.8) is 0 Å². The first-order valence-electron chi connectivity index (χ1n) is 3.29. The summed E-state index contributed by atoms with van der Waals surface area (Å²) in [6.45, 7) is 4.15. The van der Waals surface area contributed by atoms with E-state index in [-0.39, 0.29) is 0 Å². The van der Waals surface area contributed by atoms with Crippen LogP contribution in [0.3, 0.4) is 0 Å². The van der Waals surface area contributed by atoms with Crippen molar-refractivity contribution < 1.29 is 4.42 Å². The predicted octanol–water partition coefficient (Wildman–Crippen LogP) is 1.80. The molecular formula is C7H11NO. The molecular weight excluding hydrogens is 114 g/mol. The van der Waals surface area contributed by atoms with E-state index in [0.29, 0.717) is 0 Å². The topological polar surface area (TPSA) is 26.0 Å². The number of aryl methyl sites for hydroxylation is 2. The molecule has 1 aromatic rings. The highest BCUT2D eigenvalue weighted by atomic mass is 16.3. The molecule has 0 aromatic carbocycles. The molecule has 0 saturated carbocycles. The maximum Gasteiger partial charge on any atom is 0.181 e. The molecule has 1 heterocycles. The van der Waals surface area contributed by atoms with Crippen molar-refractivity contribution in [3.05, 3.63) is 17.8 Å². The van der Waals surface area contributed by atoms with Crippen molar-refractivity contribution in [3.8, 4) is 0 Å². The lowest BCUT2D eigenvalue weighted by Crippen LogP contribution is -1.85. The molecule has 0 spiro atoms. The largest absolute Gasteiger partial charge is 0.448 e. The zero-order valence-electron chi connectivity index (χ0n) is 5.85. The first-order chi connectivity index (χ1) is 4.38. The third kappa shape index (κ3) is 1.12. The lowest BCUT2D eigenvalue weighted by atomic mass is 10.2. The summed E-state index contributed by atoms with van der Waals surface area (Å²) < 4.78 is 5.09. The second-order valence-corrected chi connectivity index (χ2v) is 1.93. The third-order valence-electron chi connectivity index (χ3n) is 1.38. The number of nitrogens with zero attached hydrogens (tertiary/aromatic N) is 1. The number of hydrogen-bond donors (Lipinski definition) is 0. The average molecular weight is 125 g/mol. The van der Waals surface area contributed by atoms with E-state index in [1.807, 2.05) is 0 Å². The highest BCUT2D eigenvalue weighted by Crippen LogP contribution is 2.06. The lowest BCUT2D eigenvalue weighted by molar-refractivity contribution is 0.507. The van der Waals surface area contributed by atoms with E-state index in [9.17, 15) is 0 Å². The molecule has 1 aromatic heterocycles. The van der Waals surface area contributed by atoms with E-state index in [0.717, 1.165) is 24.3 Å². The van der Waals surface area contributed by atoms with E-state index in [1.54, 1.807) is 0 Å². The Labute approximate surface area is 54.9 Å². The minimum Gasteiger partial charge on any atom is -0.448 e. The second-order valence-electron chi connectivity index (χ2n) is 1.93. The van der Waals surface area contributed by atoms with E-state index < -0.39 is 0 Å². The fourth-order valence-electron chi connectivity index (χ4n) is 0.869. The van der Waals surface area contributed by atoms with Crippen LogP contribution in [0.15, 0.2) is 10.8 Å². The Bertz CT molecular complexity index is 162. The van der Waals surface area contributed by atoms with E-state index in [2.05, 4.69) is 18.8 Å². The van der Waals surface area contributed by atoms with Gasteiger partial charge >= 0.3 is 0 Å². The summed E-state index contributed by atoms with van der Waals surface area (Å²) in [5, 5.41) is 0. The van der Waals surface area contributed by atoms with E-state index in [4.69, 9.17) is 4.42 Å². The smallest absolute Gasteiger partial charge is 0.181 e. The molecule has 0 atom stereocenters. The molecule has 0 radical (unpaired) electrons. The number of rotatable bonds is 2. The molecule has 0 fully saturated rings. The van der Waals surface area contributed by atoms with Crippen LogP contribution in [0.1, 0.15) is 25.3 Å². The SMILES string of the molecule is CCc1ncoc1CC. The second kappa shape index (κ2) is 2.67. The van der Waals surface area contributed by atoms with Gasteiger partial charge in [0.05, 0.1) is 5.69 Å². The molecule has 1 rings (SSSR count). The Balaban J connectivity index is 2.85. The maximum absolute atomic E-state index is 5.09.